The van der Waals surface area contributed by atoms with Gasteiger partial charge in [-0.25, -0.2) is 0 Å². The molecule has 0 aliphatic carbocycles. The summed E-state index contributed by atoms with van der Waals surface area (Å²) in [5.41, 5.74) is 2.96. The minimum atomic E-state index is -0.172. The van der Waals surface area contributed by atoms with E-state index in [4.69, 9.17) is 11.6 Å². The van der Waals surface area contributed by atoms with E-state index in [-0.39, 0.29) is 11.8 Å². The molecule has 1 aromatic heterocycles. The summed E-state index contributed by atoms with van der Waals surface area (Å²) in [6.07, 6.45) is 1.74. The van der Waals surface area contributed by atoms with Gasteiger partial charge in [0.1, 0.15) is 5.88 Å². The molecule has 1 N–H and O–H groups in total. The zero-order valence-corrected chi connectivity index (χ0v) is 10.5. The van der Waals surface area contributed by atoms with Gasteiger partial charge in [-0.05, 0) is 17.7 Å². The Kier molecular flexibility index (Phi) is 4.31. The lowest BCUT2D eigenvalue weighted by atomic mass is 10.1. The minimum absolute atomic E-state index is 0.0172. The van der Waals surface area contributed by atoms with Crippen molar-refractivity contribution in [3.05, 3.63) is 54.2 Å². The van der Waals surface area contributed by atoms with Crippen LogP contribution in [0, 0.1) is 0 Å². The van der Waals surface area contributed by atoms with Crippen LogP contribution in [0.2, 0.25) is 0 Å². The van der Waals surface area contributed by atoms with E-state index in [1.165, 1.54) is 0 Å². The highest BCUT2D eigenvalue weighted by atomic mass is 35.5. The van der Waals surface area contributed by atoms with Crippen LogP contribution in [0.15, 0.2) is 48.7 Å². The largest absolute Gasteiger partial charge is 0.351 e. The summed E-state index contributed by atoms with van der Waals surface area (Å²) in [6.45, 7) is 0.466. The highest BCUT2D eigenvalue weighted by molar-refractivity contribution is 6.27. The normalized spacial score (nSPS) is 10.1. The molecule has 0 saturated carbocycles. The van der Waals surface area contributed by atoms with E-state index >= 15 is 0 Å². The number of alkyl halides is 1. The molecule has 0 radical (unpaired) electrons. The predicted molar refractivity (Wildman–Crippen MR) is 72.2 cm³/mol. The van der Waals surface area contributed by atoms with Gasteiger partial charge >= 0.3 is 0 Å². The molecule has 0 unspecified atom stereocenters. The lowest BCUT2D eigenvalue weighted by Gasteiger charge is -2.05. The maximum atomic E-state index is 11.1. The second kappa shape index (κ2) is 6.17. The number of carbonyl (C=O) groups excluding carboxylic acids is 1. The Balaban J connectivity index is 2.13. The SMILES string of the molecule is O=C(CCl)NCc1ccnc(-c2ccccc2)c1. The van der Waals surface area contributed by atoms with Gasteiger partial charge in [0.05, 0.1) is 5.69 Å². The lowest BCUT2D eigenvalue weighted by Crippen LogP contribution is -2.23. The standard InChI is InChI=1S/C14H13ClN2O/c15-9-14(18)17-10-11-6-7-16-13(8-11)12-4-2-1-3-5-12/h1-8H,9-10H2,(H,17,18). The van der Waals surface area contributed by atoms with E-state index in [9.17, 15) is 4.79 Å². The second-order valence-electron chi connectivity index (χ2n) is 3.83. The molecule has 0 aliphatic rings. The van der Waals surface area contributed by atoms with Gasteiger partial charge in [-0.1, -0.05) is 30.3 Å². The lowest BCUT2D eigenvalue weighted by molar-refractivity contribution is -0.118. The first-order valence-corrected chi connectivity index (χ1v) is 6.16. The third-order valence-corrected chi connectivity index (χ3v) is 2.75. The number of halogens is 1. The van der Waals surface area contributed by atoms with E-state index in [2.05, 4.69) is 10.3 Å². The number of nitrogens with zero attached hydrogens (tertiary/aromatic N) is 1. The van der Waals surface area contributed by atoms with Crippen molar-refractivity contribution in [1.29, 1.82) is 0 Å². The molecule has 0 saturated heterocycles. The van der Waals surface area contributed by atoms with Gasteiger partial charge in [-0.2, -0.15) is 0 Å². The maximum Gasteiger partial charge on any atom is 0.235 e. The van der Waals surface area contributed by atoms with Crippen LogP contribution in [0.5, 0.6) is 0 Å². The van der Waals surface area contributed by atoms with Crippen molar-refractivity contribution in [3.63, 3.8) is 0 Å². The van der Waals surface area contributed by atoms with Gasteiger partial charge in [0.2, 0.25) is 5.91 Å². The van der Waals surface area contributed by atoms with Crippen molar-refractivity contribution in [2.45, 2.75) is 6.54 Å². The summed E-state index contributed by atoms with van der Waals surface area (Å²) in [7, 11) is 0. The molecule has 3 nitrogen and oxygen atoms in total. The van der Waals surface area contributed by atoms with Gasteiger partial charge < -0.3 is 5.32 Å². The molecule has 2 aromatic rings. The summed E-state index contributed by atoms with van der Waals surface area (Å²) in [5.74, 6) is -0.189. The highest BCUT2D eigenvalue weighted by Gasteiger charge is 2.02. The van der Waals surface area contributed by atoms with Crippen LogP contribution in [-0.2, 0) is 11.3 Å². The van der Waals surface area contributed by atoms with Gasteiger partial charge in [0.25, 0.3) is 0 Å². The zero-order chi connectivity index (χ0) is 12.8. The van der Waals surface area contributed by atoms with Gasteiger partial charge in [0, 0.05) is 18.3 Å². The van der Waals surface area contributed by atoms with Crippen molar-refractivity contribution < 1.29 is 4.79 Å². The number of amides is 1. The number of rotatable bonds is 4. The number of benzene rings is 1. The van der Waals surface area contributed by atoms with Crippen LogP contribution in [-0.4, -0.2) is 16.8 Å². The fraction of sp³-hybridized carbons (Fsp3) is 0.143. The fourth-order valence-corrected chi connectivity index (χ4v) is 1.69. The van der Waals surface area contributed by atoms with Gasteiger partial charge in [0.15, 0.2) is 0 Å². The molecule has 1 amide bonds. The molecular weight excluding hydrogens is 248 g/mol. The van der Waals surface area contributed by atoms with Crippen LogP contribution in [0.25, 0.3) is 11.3 Å². The van der Waals surface area contributed by atoms with Crippen LogP contribution >= 0.6 is 11.6 Å². The Morgan fingerprint density at radius 1 is 1.22 bits per heavy atom. The number of aromatic nitrogens is 1. The summed E-state index contributed by atoms with van der Waals surface area (Å²) in [5, 5.41) is 2.73. The topological polar surface area (TPSA) is 42.0 Å². The maximum absolute atomic E-state index is 11.1. The number of hydrogen-bond donors (Lipinski definition) is 1. The molecule has 0 bridgehead atoms. The van der Waals surface area contributed by atoms with Crippen LogP contribution in [0.4, 0.5) is 0 Å². The average Bonchev–Trinajstić information content (AvgIpc) is 2.46. The number of hydrogen-bond acceptors (Lipinski definition) is 2. The second-order valence-corrected chi connectivity index (χ2v) is 4.09. The Labute approximate surface area is 111 Å². The Morgan fingerprint density at radius 2 is 2.00 bits per heavy atom. The third-order valence-electron chi connectivity index (χ3n) is 2.50. The molecule has 1 heterocycles. The minimum Gasteiger partial charge on any atom is -0.351 e. The van der Waals surface area contributed by atoms with Crippen LogP contribution in [0.1, 0.15) is 5.56 Å². The van der Waals surface area contributed by atoms with Gasteiger partial charge in [-0.15, -0.1) is 11.6 Å². The molecule has 0 aliphatic heterocycles. The van der Waals surface area contributed by atoms with E-state index in [1.807, 2.05) is 42.5 Å². The predicted octanol–water partition coefficient (Wildman–Crippen LogP) is 2.60. The summed E-state index contributed by atoms with van der Waals surface area (Å²) >= 11 is 5.42. The molecule has 1 aromatic carbocycles. The summed E-state index contributed by atoms with van der Waals surface area (Å²) < 4.78 is 0. The van der Waals surface area contributed by atoms with Gasteiger partial charge in [-0.3, -0.25) is 9.78 Å². The van der Waals surface area contributed by atoms with E-state index < -0.39 is 0 Å². The number of pyridine rings is 1. The first kappa shape index (κ1) is 12.6. The molecule has 0 fully saturated rings. The van der Waals surface area contributed by atoms with Crippen LogP contribution < -0.4 is 5.32 Å². The molecule has 0 spiro atoms. The Hall–Kier alpha value is -1.87. The zero-order valence-electron chi connectivity index (χ0n) is 9.77. The molecular formula is C14H13ClN2O. The smallest absolute Gasteiger partial charge is 0.235 e. The first-order chi connectivity index (χ1) is 8.79. The Morgan fingerprint density at radius 3 is 2.72 bits per heavy atom. The van der Waals surface area contributed by atoms with E-state index in [0.717, 1.165) is 16.8 Å². The average molecular weight is 261 g/mol. The monoisotopic (exact) mass is 260 g/mol. The van der Waals surface area contributed by atoms with Crippen LogP contribution in [0.3, 0.4) is 0 Å². The third kappa shape index (κ3) is 3.31. The van der Waals surface area contributed by atoms with Crippen molar-refractivity contribution in [3.8, 4) is 11.3 Å². The summed E-state index contributed by atoms with van der Waals surface area (Å²) in [4.78, 5) is 15.4. The Bertz CT molecular complexity index is 528. The quantitative estimate of drug-likeness (QED) is 0.859. The fourth-order valence-electron chi connectivity index (χ4n) is 1.60. The molecule has 4 heteroatoms. The van der Waals surface area contributed by atoms with Crippen molar-refractivity contribution in [2.24, 2.45) is 0 Å². The molecule has 0 atom stereocenters. The molecule has 92 valence electrons. The first-order valence-electron chi connectivity index (χ1n) is 5.62. The number of carbonyl (C=O) groups is 1. The van der Waals surface area contributed by atoms with E-state index in [1.54, 1.807) is 6.20 Å². The van der Waals surface area contributed by atoms with Crippen molar-refractivity contribution in [2.75, 3.05) is 5.88 Å². The molecule has 18 heavy (non-hydrogen) atoms. The molecule has 2 rings (SSSR count). The summed E-state index contributed by atoms with van der Waals surface area (Å²) in [6, 6.07) is 13.8. The van der Waals surface area contributed by atoms with E-state index in [0.29, 0.717) is 6.54 Å². The highest BCUT2D eigenvalue weighted by Crippen LogP contribution is 2.16. The number of nitrogens with one attached hydrogen (secondary N) is 1. The van der Waals surface area contributed by atoms with Crippen molar-refractivity contribution >= 4 is 17.5 Å². The van der Waals surface area contributed by atoms with Crippen molar-refractivity contribution in [1.82, 2.24) is 10.3 Å².